The van der Waals surface area contributed by atoms with Crippen molar-refractivity contribution in [1.29, 1.82) is 0 Å². The van der Waals surface area contributed by atoms with Crippen molar-refractivity contribution in [2.75, 3.05) is 6.61 Å². The summed E-state index contributed by atoms with van der Waals surface area (Å²) in [5, 5.41) is 7.76. The van der Waals surface area contributed by atoms with E-state index in [9.17, 15) is 14.4 Å². The smallest absolute Gasteiger partial charge is 0.358 e. The largest absolute Gasteiger partial charge is 0.464 e. The minimum absolute atomic E-state index is 0.0183. The summed E-state index contributed by atoms with van der Waals surface area (Å²) in [6.07, 6.45) is 0. The highest BCUT2D eigenvalue weighted by Gasteiger charge is 2.48. The summed E-state index contributed by atoms with van der Waals surface area (Å²) < 4.78 is 12.1. The summed E-state index contributed by atoms with van der Waals surface area (Å²) in [6, 6.07) is 12.1. The van der Waals surface area contributed by atoms with Gasteiger partial charge in [0.15, 0.2) is 5.69 Å². The molecule has 0 radical (unpaired) electrons. The van der Waals surface area contributed by atoms with Crippen LogP contribution in [0.4, 0.5) is 0 Å². The summed E-state index contributed by atoms with van der Waals surface area (Å²) in [4.78, 5) is 40.6. The van der Waals surface area contributed by atoms with Gasteiger partial charge in [-0.25, -0.2) is 4.79 Å². The summed E-state index contributed by atoms with van der Waals surface area (Å²) in [5.74, 6) is -0.186. The van der Waals surface area contributed by atoms with E-state index in [2.05, 4.69) is 10.4 Å². The van der Waals surface area contributed by atoms with Crippen molar-refractivity contribution in [2.45, 2.75) is 45.9 Å². The lowest BCUT2D eigenvalue weighted by atomic mass is 9.94. The van der Waals surface area contributed by atoms with Gasteiger partial charge >= 0.3 is 5.97 Å². The van der Waals surface area contributed by atoms with Crippen LogP contribution in [0.15, 0.2) is 46.9 Å². The van der Waals surface area contributed by atoms with E-state index in [4.69, 9.17) is 20.8 Å². The Balaban J connectivity index is 1.65. The molecule has 0 aliphatic carbocycles. The molecule has 0 spiro atoms. The maximum atomic E-state index is 13.5. The highest BCUT2D eigenvalue weighted by atomic mass is 35.5. The van der Waals surface area contributed by atoms with E-state index in [0.717, 1.165) is 5.56 Å². The van der Waals surface area contributed by atoms with Crippen molar-refractivity contribution in [1.82, 2.24) is 20.0 Å². The summed E-state index contributed by atoms with van der Waals surface area (Å²) in [7, 11) is 0. The monoisotopic (exact) mass is 484 g/mol. The highest BCUT2D eigenvalue weighted by molar-refractivity contribution is 6.30. The van der Waals surface area contributed by atoms with Gasteiger partial charge in [-0.3, -0.25) is 14.3 Å². The second-order valence-corrected chi connectivity index (χ2v) is 8.72. The van der Waals surface area contributed by atoms with E-state index in [-0.39, 0.29) is 43.5 Å². The van der Waals surface area contributed by atoms with Crippen molar-refractivity contribution in [3.63, 3.8) is 0 Å². The van der Waals surface area contributed by atoms with Crippen molar-refractivity contribution < 1.29 is 23.5 Å². The molecule has 34 heavy (non-hydrogen) atoms. The topological polar surface area (TPSA) is 107 Å². The van der Waals surface area contributed by atoms with Gasteiger partial charge in [0.05, 0.1) is 19.7 Å². The van der Waals surface area contributed by atoms with Gasteiger partial charge in [0.2, 0.25) is 5.91 Å². The molecule has 0 fully saturated rings. The van der Waals surface area contributed by atoms with E-state index in [1.807, 2.05) is 12.1 Å². The Hall–Kier alpha value is -3.59. The number of carbonyl (C=O) groups excluding carboxylic acids is 3. The van der Waals surface area contributed by atoms with Crippen molar-refractivity contribution in [3.8, 4) is 0 Å². The zero-order valence-corrected chi connectivity index (χ0v) is 19.9. The quantitative estimate of drug-likeness (QED) is 0.515. The lowest BCUT2D eigenvalue weighted by Crippen LogP contribution is -2.63. The Morgan fingerprint density at radius 3 is 2.62 bits per heavy atom. The van der Waals surface area contributed by atoms with Gasteiger partial charge < -0.3 is 19.4 Å². The van der Waals surface area contributed by atoms with Crippen LogP contribution in [0.5, 0.6) is 0 Å². The minimum atomic E-state index is -1.30. The number of furan rings is 1. The number of ether oxygens (including phenoxy) is 1. The Bertz CT molecular complexity index is 1230. The molecule has 1 aromatic carbocycles. The molecular formula is C24H25ClN4O5. The van der Waals surface area contributed by atoms with E-state index in [0.29, 0.717) is 16.5 Å². The second-order valence-electron chi connectivity index (χ2n) is 8.28. The molecule has 1 aliphatic heterocycles. The fourth-order valence-electron chi connectivity index (χ4n) is 3.90. The van der Waals surface area contributed by atoms with E-state index < -0.39 is 17.4 Å². The maximum Gasteiger partial charge on any atom is 0.358 e. The number of carbonyl (C=O) groups is 3. The first-order valence-corrected chi connectivity index (χ1v) is 11.2. The van der Waals surface area contributed by atoms with E-state index in [1.165, 1.54) is 15.6 Å². The standard InChI is InChI=1S/C24H25ClN4O5/c1-4-33-22(31)19-11-20-21(30)28(13-18-10-5-15(2)34-18)24(3,14-29(20)27-19)23(32)26-12-16-6-8-17(25)9-7-16/h5-11H,4,12-14H2,1-3H3,(H,26,32). The van der Waals surface area contributed by atoms with Crippen molar-refractivity contribution in [2.24, 2.45) is 0 Å². The molecule has 0 saturated heterocycles. The normalized spacial score (nSPS) is 17.4. The number of hydrogen-bond acceptors (Lipinski definition) is 6. The van der Waals surface area contributed by atoms with Crippen LogP contribution in [-0.4, -0.2) is 44.6 Å². The van der Waals surface area contributed by atoms with Crippen LogP contribution >= 0.6 is 11.6 Å². The molecule has 1 unspecified atom stereocenters. The first-order valence-electron chi connectivity index (χ1n) is 10.9. The van der Waals surface area contributed by atoms with Crippen LogP contribution in [0.25, 0.3) is 0 Å². The van der Waals surface area contributed by atoms with Crippen LogP contribution in [0.1, 0.15) is 51.9 Å². The molecule has 1 aliphatic rings. The molecule has 2 aromatic heterocycles. The van der Waals surface area contributed by atoms with E-state index in [1.54, 1.807) is 45.0 Å². The fourth-order valence-corrected chi connectivity index (χ4v) is 4.02. The SMILES string of the molecule is CCOC(=O)c1cc2n(n1)CC(C)(C(=O)NCc1ccc(Cl)cc1)N(Cc1ccc(C)o1)C2=O. The lowest BCUT2D eigenvalue weighted by molar-refractivity contribution is -0.133. The predicted molar refractivity (Wildman–Crippen MR) is 123 cm³/mol. The van der Waals surface area contributed by atoms with Gasteiger partial charge in [0, 0.05) is 17.6 Å². The van der Waals surface area contributed by atoms with Gasteiger partial charge in [-0.05, 0) is 50.6 Å². The third kappa shape index (κ3) is 4.56. The molecule has 0 bridgehead atoms. The number of esters is 1. The van der Waals surface area contributed by atoms with Crippen molar-refractivity contribution >= 4 is 29.4 Å². The van der Waals surface area contributed by atoms with Gasteiger partial charge in [-0.2, -0.15) is 5.10 Å². The third-order valence-electron chi connectivity index (χ3n) is 5.75. The number of nitrogens with one attached hydrogen (secondary N) is 1. The molecule has 9 nitrogen and oxygen atoms in total. The molecule has 10 heteroatoms. The van der Waals surface area contributed by atoms with Crippen LogP contribution in [0, 0.1) is 6.92 Å². The number of nitrogens with zero attached hydrogens (tertiary/aromatic N) is 3. The molecule has 1 N–H and O–H groups in total. The number of aromatic nitrogens is 2. The number of fused-ring (bicyclic) bond motifs is 1. The highest BCUT2D eigenvalue weighted by Crippen LogP contribution is 2.30. The Labute approximate surface area is 201 Å². The first-order chi connectivity index (χ1) is 16.2. The molecule has 178 valence electrons. The molecule has 0 saturated carbocycles. The Morgan fingerprint density at radius 1 is 1.24 bits per heavy atom. The molecular weight excluding hydrogens is 460 g/mol. The second kappa shape index (κ2) is 9.34. The zero-order chi connectivity index (χ0) is 24.5. The summed E-state index contributed by atoms with van der Waals surface area (Å²) in [5.41, 5.74) is -0.213. The Kier molecular flexibility index (Phi) is 6.47. The number of aryl methyl sites for hydroxylation is 1. The fraction of sp³-hybridized carbons (Fsp3) is 0.333. The maximum absolute atomic E-state index is 13.5. The Morgan fingerprint density at radius 2 is 1.97 bits per heavy atom. The number of rotatable bonds is 7. The summed E-state index contributed by atoms with van der Waals surface area (Å²) >= 11 is 5.94. The van der Waals surface area contributed by atoms with Gasteiger partial charge in [0.25, 0.3) is 5.91 Å². The number of amides is 2. The van der Waals surface area contributed by atoms with Crippen LogP contribution in [0.3, 0.4) is 0 Å². The van der Waals surface area contributed by atoms with Gasteiger partial charge in [0.1, 0.15) is 22.8 Å². The summed E-state index contributed by atoms with van der Waals surface area (Å²) in [6.45, 7) is 5.75. The molecule has 3 aromatic rings. The molecule has 3 heterocycles. The van der Waals surface area contributed by atoms with Gasteiger partial charge in [-0.1, -0.05) is 23.7 Å². The number of benzene rings is 1. The van der Waals surface area contributed by atoms with Crippen molar-refractivity contribution in [3.05, 3.63) is 76.0 Å². The molecule has 2 amide bonds. The average molecular weight is 485 g/mol. The zero-order valence-electron chi connectivity index (χ0n) is 19.1. The van der Waals surface area contributed by atoms with Gasteiger partial charge in [-0.15, -0.1) is 0 Å². The average Bonchev–Trinajstić information content (AvgIpc) is 3.42. The third-order valence-corrected chi connectivity index (χ3v) is 6.00. The molecule has 1 atom stereocenters. The number of hydrogen-bond donors (Lipinski definition) is 1. The first kappa shape index (κ1) is 23.6. The van der Waals surface area contributed by atoms with Crippen LogP contribution in [-0.2, 0) is 29.2 Å². The van der Waals surface area contributed by atoms with E-state index >= 15 is 0 Å². The van der Waals surface area contributed by atoms with Crippen LogP contribution < -0.4 is 5.32 Å². The predicted octanol–water partition coefficient (Wildman–Crippen LogP) is 3.35. The van der Waals surface area contributed by atoms with Crippen LogP contribution in [0.2, 0.25) is 5.02 Å². The molecule has 4 rings (SSSR count). The minimum Gasteiger partial charge on any atom is -0.464 e. The lowest BCUT2D eigenvalue weighted by Gasteiger charge is -2.42. The number of halogens is 1.